The smallest absolute Gasteiger partial charge is 0.255 e. The molecule has 0 radical (unpaired) electrons. The fourth-order valence-electron chi connectivity index (χ4n) is 5.29. The molecule has 2 aliphatic heterocycles. The number of para-hydroxylation sites is 2. The Labute approximate surface area is 239 Å². The van der Waals surface area contributed by atoms with Crippen molar-refractivity contribution in [2.75, 3.05) is 62.2 Å². The predicted octanol–water partition coefficient (Wildman–Crippen LogP) is 5.02. The number of carbonyl (C=O) groups excluding carboxylic acids is 1. The highest BCUT2D eigenvalue weighted by Crippen LogP contribution is 2.32. The number of benzene rings is 3. The standard InChI is InChI=1S/C30H28Cl2N6O/c31-26-10-9-24(30(39)38-17-15-37(16-18-38)28-8-4-2-6-23(28)20-34)29(32)25(26)21-35-11-13-36(14-12-35)27-7-3-1-5-22(27)19-33/h1-10H,11-18,21H2. The van der Waals surface area contributed by atoms with Crippen LogP contribution in [0.3, 0.4) is 0 Å². The summed E-state index contributed by atoms with van der Waals surface area (Å²) in [6.45, 7) is 6.05. The van der Waals surface area contributed by atoms with E-state index in [0.717, 1.165) is 43.1 Å². The van der Waals surface area contributed by atoms with Gasteiger partial charge in [-0.15, -0.1) is 0 Å². The number of anilines is 2. The third-order valence-electron chi connectivity index (χ3n) is 7.47. The number of nitriles is 2. The van der Waals surface area contributed by atoms with Gasteiger partial charge in [0.05, 0.1) is 33.1 Å². The highest BCUT2D eigenvalue weighted by Gasteiger charge is 2.27. The molecule has 3 aromatic carbocycles. The molecule has 0 unspecified atom stereocenters. The Hall–Kier alpha value is -3.75. The van der Waals surface area contributed by atoms with E-state index in [1.807, 2.05) is 53.4 Å². The zero-order valence-corrected chi connectivity index (χ0v) is 23.0. The van der Waals surface area contributed by atoms with E-state index < -0.39 is 0 Å². The summed E-state index contributed by atoms with van der Waals surface area (Å²) in [6.07, 6.45) is 0. The van der Waals surface area contributed by atoms with E-state index in [0.29, 0.717) is 59.5 Å². The number of hydrogen-bond donors (Lipinski definition) is 0. The average molecular weight is 560 g/mol. The summed E-state index contributed by atoms with van der Waals surface area (Å²) in [5, 5.41) is 19.8. The molecule has 2 aliphatic rings. The Morgan fingerprint density at radius 3 is 1.77 bits per heavy atom. The molecule has 5 rings (SSSR count). The van der Waals surface area contributed by atoms with Crippen LogP contribution < -0.4 is 9.80 Å². The zero-order valence-electron chi connectivity index (χ0n) is 21.5. The second kappa shape index (κ2) is 12.0. The second-order valence-electron chi connectivity index (χ2n) is 9.69. The Kier molecular flexibility index (Phi) is 8.24. The van der Waals surface area contributed by atoms with Crippen molar-refractivity contribution in [3.8, 4) is 12.1 Å². The quantitative estimate of drug-likeness (QED) is 0.437. The molecule has 0 aromatic heterocycles. The van der Waals surface area contributed by atoms with Crippen LogP contribution in [0, 0.1) is 22.7 Å². The summed E-state index contributed by atoms with van der Waals surface area (Å²) in [5.41, 5.74) is 4.39. The van der Waals surface area contributed by atoms with Gasteiger partial charge in [0.2, 0.25) is 0 Å². The van der Waals surface area contributed by atoms with Crippen LogP contribution in [0.4, 0.5) is 11.4 Å². The Morgan fingerprint density at radius 2 is 1.23 bits per heavy atom. The Bertz CT molecular complexity index is 1450. The summed E-state index contributed by atoms with van der Waals surface area (Å²) in [7, 11) is 0. The van der Waals surface area contributed by atoms with Gasteiger partial charge in [-0.25, -0.2) is 0 Å². The van der Waals surface area contributed by atoms with E-state index >= 15 is 0 Å². The number of rotatable bonds is 5. The van der Waals surface area contributed by atoms with Gasteiger partial charge in [0.1, 0.15) is 12.1 Å². The van der Waals surface area contributed by atoms with Crippen molar-refractivity contribution in [3.63, 3.8) is 0 Å². The van der Waals surface area contributed by atoms with Crippen LogP contribution in [-0.2, 0) is 6.54 Å². The van der Waals surface area contributed by atoms with E-state index in [9.17, 15) is 15.3 Å². The molecule has 0 spiro atoms. The molecule has 9 heteroatoms. The minimum Gasteiger partial charge on any atom is -0.368 e. The summed E-state index contributed by atoms with van der Waals surface area (Å²) in [4.78, 5) is 21.9. The van der Waals surface area contributed by atoms with E-state index in [-0.39, 0.29) is 5.91 Å². The topological polar surface area (TPSA) is 77.6 Å². The fraction of sp³-hybridized carbons (Fsp3) is 0.300. The molecule has 39 heavy (non-hydrogen) atoms. The lowest BCUT2D eigenvalue weighted by Gasteiger charge is -2.37. The molecular formula is C30H28Cl2N6O. The molecule has 198 valence electrons. The summed E-state index contributed by atoms with van der Waals surface area (Å²) >= 11 is 13.4. The van der Waals surface area contributed by atoms with Gasteiger partial charge in [-0.1, -0.05) is 47.5 Å². The molecule has 7 nitrogen and oxygen atoms in total. The highest BCUT2D eigenvalue weighted by atomic mass is 35.5. The van der Waals surface area contributed by atoms with E-state index in [4.69, 9.17) is 23.2 Å². The van der Waals surface area contributed by atoms with E-state index in [2.05, 4.69) is 26.8 Å². The Morgan fingerprint density at radius 1 is 0.718 bits per heavy atom. The molecular weight excluding hydrogens is 531 g/mol. The van der Waals surface area contributed by atoms with Crippen LogP contribution in [-0.4, -0.2) is 68.1 Å². The summed E-state index contributed by atoms with van der Waals surface area (Å²) in [5.74, 6) is -0.107. The minimum atomic E-state index is -0.107. The van der Waals surface area contributed by atoms with Gasteiger partial charge in [-0.2, -0.15) is 10.5 Å². The predicted molar refractivity (Wildman–Crippen MR) is 154 cm³/mol. The summed E-state index contributed by atoms with van der Waals surface area (Å²) in [6, 6.07) is 23.2. The third-order valence-corrected chi connectivity index (χ3v) is 8.25. The van der Waals surface area contributed by atoms with Crippen LogP contribution in [0.25, 0.3) is 0 Å². The maximum atomic E-state index is 13.5. The SMILES string of the molecule is N#Cc1ccccc1N1CCN(Cc2c(Cl)ccc(C(=O)N3CCN(c4ccccc4C#N)CC3)c2Cl)CC1. The molecule has 0 aliphatic carbocycles. The van der Waals surface area contributed by atoms with Crippen LogP contribution in [0.15, 0.2) is 60.7 Å². The van der Waals surface area contributed by atoms with Crippen molar-refractivity contribution in [3.05, 3.63) is 93.0 Å². The number of halogens is 2. The first-order chi connectivity index (χ1) is 19.0. The first-order valence-electron chi connectivity index (χ1n) is 13.0. The van der Waals surface area contributed by atoms with Gasteiger partial charge in [0.25, 0.3) is 5.91 Å². The van der Waals surface area contributed by atoms with Crippen LogP contribution >= 0.6 is 23.2 Å². The number of amides is 1. The van der Waals surface area contributed by atoms with Crippen LogP contribution in [0.1, 0.15) is 27.0 Å². The maximum Gasteiger partial charge on any atom is 0.255 e. The molecule has 3 aromatic rings. The van der Waals surface area contributed by atoms with Gasteiger partial charge >= 0.3 is 0 Å². The van der Waals surface area contributed by atoms with Gasteiger partial charge < -0.3 is 14.7 Å². The van der Waals surface area contributed by atoms with Gasteiger partial charge in [0, 0.05) is 69.5 Å². The first kappa shape index (κ1) is 26.8. The Balaban J connectivity index is 1.23. The van der Waals surface area contributed by atoms with Gasteiger partial charge in [0.15, 0.2) is 0 Å². The number of piperazine rings is 2. The number of nitrogens with zero attached hydrogens (tertiary/aromatic N) is 6. The molecule has 2 heterocycles. The van der Waals surface area contributed by atoms with E-state index in [1.54, 1.807) is 12.1 Å². The van der Waals surface area contributed by atoms with Crippen molar-refractivity contribution in [1.82, 2.24) is 9.80 Å². The highest BCUT2D eigenvalue weighted by molar-refractivity contribution is 6.38. The lowest BCUT2D eigenvalue weighted by Crippen LogP contribution is -2.49. The number of carbonyl (C=O) groups is 1. The lowest BCUT2D eigenvalue weighted by atomic mass is 10.1. The van der Waals surface area contributed by atoms with Crippen molar-refractivity contribution < 1.29 is 4.79 Å². The van der Waals surface area contributed by atoms with Crippen molar-refractivity contribution in [2.24, 2.45) is 0 Å². The first-order valence-corrected chi connectivity index (χ1v) is 13.7. The van der Waals surface area contributed by atoms with Crippen LogP contribution in [0.2, 0.25) is 10.0 Å². The molecule has 0 bridgehead atoms. The molecule has 0 atom stereocenters. The summed E-state index contributed by atoms with van der Waals surface area (Å²) < 4.78 is 0. The largest absolute Gasteiger partial charge is 0.368 e. The molecule has 0 N–H and O–H groups in total. The minimum absolute atomic E-state index is 0.107. The van der Waals surface area contributed by atoms with E-state index in [1.165, 1.54) is 0 Å². The monoisotopic (exact) mass is 558 g/mol. The molecule has 2 saturated heterocycles. The lowest BCUT2D eigenvalue weighted by molar-refractivity contribution is 0.0746. The normalized spacial score (nSPS) is 16.1. The second-order valence-corrected chi connectivity index (χ2v) is 10.5. The van der Waals surface area contributed by atoms with Gasteiger partial charge in [-0.3, -0.25) is 9.69 Å². The maximum absolute atomic E-state index is 13.5. The molecule has 1 amide bonds. The molecule has 0 saturated carbocycles. The fourth-order valence-corrected chi connectivity index (χ4v) is 5.86. The van der Waals surface area contributed by atoms with Crippen molar-refractivity contribution in [2.45, 2.75) is 6.54 Å². The number of hydrogen-bond acceptors (Lipinski definition) is 6. The third kappa shape index (κ3) is 5.67. The van der Waals surface area contributed by atoms with Gasteiger partial charge in [-0.05, 0) is 36.4 Å². The van der Waals surface area contributed by atoms with Crippen molar-refractivity contribution in [1.29, 1.82) is 10.5 Å². The average Bonchev–Trinajstić information content (AvgIpc) is 2.99. The van der Waals surface area contributed by atoms with Crippen LogP contribution in [0.5, 0.6) is 0 Å². The van der Waals surface area contributed by atoms with Crippen molar-refractivity contribution >= 4 is 40.5 Å². The molecule has 2 fully saturated rings. The zero-order chi connectivity index (χ0) is 27.4.